The van der Waals surface area contributed by atoms with Crippen molar-refractivity contribution in [2.75, 3.05) is 7.11 Å². The molecule has 15 heavy (non-hydrogen) atoms. The fraction of sp³-hybridized carbons (Fsp3) is 0.0909. The van der Waals surface area contributed by atoms with Gasteiger partial charge in [-0.15, -0.1) is 0 Å². The monoisotopic (exact) mass is 266 g/mol. The number of ketones is 2. The molecule has 1 aromatic carbocycles. The fourth-order valence-electron chi connectivity index (χ4n) is 1.49. The van der Waals surface area contributed by atoms with E-state index in [9.17, 15) is 9.59 Å². The Kier molecular flexibility index (Phi) is 2.44. The average molecular weight is 267 g/mol. The molecule has 2 rings (SSSR count). The Hall–Kier alpha value is -1.42. The van der Waals surface area contributed by atoms with Crippen molar-refractivity contribution in [2.24, 2.45) is 0 Å². The van der Waals surface area contributed by atoms with E-state index in [0.717, 1.165) is 0 Å². The van der Waals surface area contributed by atoms with Crippen molar-refractivity contribution >= 4 is 27.5 Å². The number of allylic oxidation sites excluding steroid dienone is 2. The Morgan fingerprint density at radius 1 is 1.13 bits per heavy atom. The van der Waals surface area contributed by atoms with Crippen LogP contribution in [-0.4, -0.2) is 18.7 Å². The maximum Gasteiger partial charge on any atom is 0.187 e. The molecular weight excluding hydrogens is 260 g/mol. The molecule has 1 aliphatic carbocycles. The topological polar surface area (TPSA) is 43.4 Å². The van der Waals surface area contributed by atoms with Gasteiger partial charge in [-0.1, -0.05) is 0 Å². The van der Waals surface area contributed by atoms with Gasteiger partial charge in [0.1, 0.15) is 5.75 Å². The van der Waals surface area contributed by atoms with E-state index in [0.29, 0.717) is 21.3 Å². The summed E-state index contributed by atoms with van der Waals surface area (Å²) in [5, 5.41) is 0. The van der Waals surface area contributed by atoms with Gasteiger partial charge < -0.3 is 4.74 Å². The lowest BCUT2D eigenvalue weighted by Gasteiger charge is -2.13. The molecule has 0 saturated heterocycles. The second-order valence-electron chi connectivity index (χ2n) is 3.07. The minimum absolute atomic E-state index is 0.159. The SMILES string of the molecule is COc1ccc2c(c1Br)C(=O)C=CC2=O. The third-order valence-electron chi connectivity index (χ3n) is 2.22. The molecule has 0 amide bonds. The predicted octanol–water partition coefficient (Wildman–Crippen LogP) is 2.39. The zero-order valence-electron chi connectivity index (χ0n) is 7.91. The Morgan fingerprint density at radius 2 is 1.80 bits per heavy atom. The normalized spacial score (nSPS) is 14.0. The van der Waals surface area contributed by atoms with E-state index in [-0.39, 0.29) is 11.6 Å². The highest BCUT2D eigenvalue weighted by molar-refractivity contribution is 9.10. The number of hydrogen-bond donors (Lipinski definition) is 0. The molecule has 0 radical (unpaired) electrons. The molecule has 3 nitrogen and oxygen atoms in total. The summed E-state index contributed by atoms with van der Waals surface area (Å²) in [7, 11) is 1.51. The molecule has 0 atom stereocenters. The lowest BCUT2D eigenvalue weighted by atomic mass is 9.95. The van der Waals surface area contributed by atoms with Crippen molar-refractivity contribution in [2.45, 2.75) is 0 Å². The van der Waals surface area contributed by atoms with Crippen molar-refractivity contribution in [3.63, 3.8) is 0 Å². The third-order valence-corrected chi connectivity index (χ3v) is 3.01. The van der Waals surface area contributed by atoms with E-state index in [2.05, 4.69) is 15.9 Å². The van der Waals surface area contributed by atoms with E-state index < -0.39 is 0 Å². The standard InChI is InChI=1S/C11H7BrO3/c1-15-9-5-2-6-7(13)3-4-8(14)10(6)11(9)12/h2-5H,1H3. The quantitative estimate of drug-likeness (QED) is 0.784. The molecule has 0 fully saturated rings. The van der Waals surface area contributed by atoms with Crippen molar-refractivity contribution in [3.05, 3.63) is 39.9 Å². The summed E-state index contributed by atoms with van der Waals surface area (Å²) >= 11 is 3.26. The molecule has 0 bridgehead atoms. The Bertz CT molecular complexity index is 489. The highest BCUT2D eigenvalue weighted by Crippen LogP contribution is 2.33. The van der Waals surface area contributed by atoms with Crippen LogP contribution in [0.2, 0.25) is 0 Å². The Morgan fingerprint density at radius 3 is 2.47 bits per heavy atom. The predicted molar refractivity (Wildman–Crippen MR) is 58.5 cm³/mol. The first-order chi connectivity index (χ1) is 7.15. The minimum atomic E-state index is -0.185. The summed E-state index contributed by atoms with van der Waals surface area (Å²) in [5.41, 5.74) is 0.789. The smallest absolute Gasteiger partial charge is 0.187 e. The van der Waals surface area contributed by atoms with E-state index >= 15 is 0 Å². The van der Waals surface area contributed by atoms with Gasteiger partial charge in [-0.2, -0.15) is 0 Å². The van der Waals surface area contributed by atoms with Crippen LogP contribution in [0.5, 0.6) is 5.75 Å². The van der Waals surface area contributed by atoms with Gasteiger partial charge in [-0.05, 0) is 40.2 Å². The number of halogens is 1. The fourth-order valence-corrected chi connectivity index (χ4v) is 2.19. The Balaban J connectivity index is 2.72. The number of benzene rings is 1. The van der Waals surface area contributed by atoms with Crippen molar-refractivity contribution in [3.8, 4) is 5.75 Å². The van der Waals surface area contributed by atoms with Gasteiger partial charge in [0.25, 0.3) is 0 Å². The number of ether oxygens (including phenoxy) is 1. The average Bonchev–Trinajstić information content (AvgIpc) is 2.23. The lowest BCUT2D eigenvalue weighted by Crippen LogP contribution is -2.12. The van der Waals surface area contributed by atoms with E-state index in [1.54, 1.807) is 12.1 Å². The molecule has 0 N–H and O–H groups in total. The summed E-state index contributed by atoms with van der Waals surface area (Å²) < 4.78 is 5.59. The molecule has 1 aromatic rings. The largest absolute Gasteiger partial charge is 0.496 e. The van der Waals surface area contributed by atoms with Crippen LogP contribution in [0.25, 0.3) is 0 Å². The molecule has 0 unspecified atom stereocenters. The molecule has 0 saturated carbocycles. The number of hydrogen-bond acceptors (Lipinski definition) is 3. The summed E-state index contributed by atoms with van der Waals surface area (Å²) in [6, 6.07) is 3.26. The summed E-state index contributed by atoms with van der Waals surface area (Å²) in [6.45, 7) is 0. The second-order valence-corrected chi connectivity index (χ2v) is 3.86. The van der Waals surface area contributed by atoms with Crippen molar-refractivity contribution in [1.82, 2.24) is 0 Å². The van der Waals surface area contributed by atoms with Gasteiger partial charge in [0.15, 0.2) is 11.6 Å². The highest BCUT2D eigenvalue weighted by atomic mass is 79.9. The van der Waals surface area contributed by atoms with Gasteiger partial charge in [0.05, 0.1) is 17.1 Å². The van der Waals surface area contributed by atoms with Crippen LogP contribution >= 0.6 is 15.9 Å². The number of rotatable bonds is 1. The van der Waals surface area contributed by atoms with Gasteiger partial charge in [-0.3, -0.25) is 9.59 Å². The van der Waals surface area contributed by atoms with Gasteiger partial charge in [-0.25, -0.2) is 0 Å². The molecule has 0 aliphatic heterocycles. The zero-order chi connectivity index (χ0) is 11.0. The van der Waals surface area contributed by atoms with Crippen LogP contribution in [0.15, 0.2) is 28.8 Å². The first-order valence-electron chi connectivity index (χ1n) is 4.28. The maximum absolute atomic E-state index is 11.6. The Labute approximate surface area is 94.9 Å². The molecule has 0 aromatic heterocycles. The number of carbonyl (C=O) groups excluding carboxylic acids is 2. The first kappa shape index (κ1) is 10.1. The van der Waals surface area contributed by atoms with Crippen LogP contribution in [0.1, 0.15) is 20.7 Å². The van der Waals surface area contributed by atoms with Crippen LogP contribution in [-0.2, 0) is 0 Å². The van der Waals surface area contributed by atoms with E-state index in [1.165, 1.54) is 19.3 Å². The van der Waals surface area contributed by atoms with Crippen LogP contribution < -0.4 is 4.74 Å². The van der Waals surface area contributed by atoms with E-state index in [1.807, 2.05) is 0 Å². The number of carbonyl (C=O) groups is 2. The zero-order valence-corrected chi connectivity index (χ0v) is 9.50. The highest BCUT2D eigenvalue weighted by Gasteiger charge is 2.23. The summed E-state index contributed by atoms with van der Waals surface area (Å²) in [4.78, 5) is 23.1. The van der Waals surface area contributed by atoms with E-state index in [4.69, 9.17) is 4.74 Å². The van der Waals surface area contributed by atoms with Crippen LogP contribution in [0, 0.1) is 0 Å². The van der Waals surface area contributed by atoms with Crippen molar-refractivity contribution < 1.29 is 14.3 Å². The molecule has 4 heteroatoms. The second kappa shape index (κ2) is 3.62. The molecular formula is C11H7BrO3. The molecule has 0 spiro atoms. The third kappa shape index (κ3) is 1.51. The van der Waals surface area contributed by atoms with Gasteiger partial charge >= 0.3 is 0 Å². The summed E-state index contributed by atoms with van der Waals surface area (Å²) in [5.74, 6) is 0.202. The maximum atomic E-state index is 11.6. The van der Waals surface area contributed by atoms with Crippen molar-refractivity contribution in [1.29, 1.82) is 0 Å². The lowest BCUT2D eigenvalue weighted by molar-refractivity contribution is 0.0993. The minimum Gasteiger partial charge on any atom is -0.496 e. The number of fused-ring (bicyclic) bond motifs is 1. The summed E-state index contributed by atoms with van der Waals surface area (Å²) in [6.07, 6.45) is 2.55. The first-order valence-corrected chi connectivity index (χ1v) is 5.07. The van der Waals surface area contributed by atoms with Crippen LogP contribution in [0.3, 0.4) is 0 Å². The van der Waals surface area contributed by atoms with Gasteiger partial charge in [0.2, 0.25) is 0 Å². The molecule has 1 aliphatic rings. The molecule has 0 heterocycles. The number of methoxy groups -OCH3 is 1. The van der Waals surface area contributed by atoms with Gasteiger partial charge in [0, 0.05) is 5.56 Å². The molecule has 76 valence electrons. The van der Waals surface area contributed by atoms with Crippen LogP contribution in [0.4, 0.5) is 0 Å².